The summed E-state index contributed by atoms with van der Waals surface area (Å²) in [6.45, 7) is 1.80. The van der Waals surface area contributed by atoms with Crippen molar-refractivity contribution < 1.29 is 24.0 Å². The largest absolute Gasteiger partial charge is 0.493 e. The molecule has 0 aromatic heterocycles. The van der Waals surface area contributed by atoms with Gasteiger partial charge in [-0.2, -0.15) is 0 Å². The van der Waals surface area contributed by atoms with Crippen molar-refractivity contribution in [1.82, 2.24) is 0 Å². The van der Waals surface area contributed by atoms with Gasteiger partial charge in [0.15, 0.2) is 6.61 Å². The van der Waals surface area contributed by atoms with E-state index >= 15 is 0 Å². The van der Waals surface area contributed by atoms with Gasteiger partial charge in [-0.05, 0) is 36.2 Å². The molecule has 8 heteroatoms. The molecule has 1 aliphatic rings. The number of carbonyl (C=O) groups excluding carboxylic acids is 2. The third-order valence-electron chi connectivity index (χ3n) is 3.97. The van der Waals surface area contributed by atoms with Gasteiger partial charge in [0.1, 0.15) is 5.75 Å². The first-order chi connectivity index (χ1) is 12.4. The van der Waals surface area contributed by atoms with Crippen LogP contribution in [0.4, 0.5) is 11.4 Å². The Morgan fingerprint density at radius 2 is 2.08 bits per heavy atom. The number of nitrogens with one attached hydrogen (secondary N) is 1. The second-order valence-electron chi connectivity index (χ2n) is 5.80. The average molecular weight is 356 g/mol. The zero-order chi connectivity index (χ0) is 18.7. The number of nitro groups is 1. The number of carbonyl (C=O) groups is 2. The molecule has 1 heterocycles. The van der Waals surface area contributed by atoms with Crippen LogP contribution in [0.15, 0.2) is 36.4 Å². The van der Waals surface area contributed by atoms with Gasteiger partial charge in [-0.3, -0.25) is 14.9 Å². The minimum atomic E-state index is -0.620. The molecule has 1 amide bonds. The highest BCUT2D eigenvalue weighted by Gasteiger charge is 2.17. The number of benzene rings is 2. The Morgan fingerprint density at radius 3 is 2.85 bits per heavy atom. The summed E-state index contributed by atoms with van der Waals surface area (Å²) in [5.74, 6) is -0.447. The van der Waals surface area contributed by atoms with Crippen LogP contribution in [0.2, 0.25) is 0 Å². The molecule has 26 heavy (non-hydrogen) atoms. The molecule has 3 rings (SSSR count). The Bertz CT molecular complexity index is 893. The molecule has 0 atom stereocenters. The zero-order valence-electron chi connectivity index (χ0n) is 14.0. The summed E-state index contributed by atoms with van der Waals surface area (Å²) in [4.78, 5) is 34.3. The molecule has 0 unspecified atom stereocenters. The van der Waals surface area contributed by atoms with Gasteiger partial charge in [-0.25, -0.2) is 4.79 Å². The fourth-order valence-corrected chi connectivity index (χ4v) is 2.57. The van der Waals surface area contributed by atoms with E-state index in [4.69, 9.17) is 9.47 Å². The van der Waals surface area contributed by atoms with Crippen molar-refractivity contribution in [1.29, 1.82) is 0 Å². The maximum Gasteiger partial charge on any atom is 0.338 e. The lowest BCUT2D eigenvalue weighted by atomic mass is 10.1. The number of hydrogen-bond acceptors (Lipinski definition) is 6. The SMILES string of the molecule is Cc1ccc([N+](=O)[O-])cc1NC(=O)COC(=O)c1ccc2c(c1)CCO2. The molecule has 1 aliphatic heterocycles. The van der Waals surface area contributed by atoms with Crippen molar-refractivity contribution in [2.24, 2.45) is 0 Å². The highest BCUT2D eigenvalue weighted by atomic mass is 16.6. The van der Waals surface area contributed by atoms with Crippen molar-refractivity contribution in [3.63, 3.8) is 0 Å². The number of esters is 1. The van der Waals surface area contributed by atoms with E-state index in [2.05, 4.69) is 5.32 Å². The van der Waals surface area contributed by atoms with Crippen molar-refractivity contribution in [3.05, 3.63) is 63.2 Å². The second-order valence-corrected chi connectivity index (χ2v) is 5.80. The number of anilines is 1. The minimum absolute atomic E-state index is 0.136. The van der Waals surface area contributed by atoms with E-state index in [1.54, 1.807) is 25.1 Å². The topological polar surface area (TPSA) is 108 Å². The standard InChI is InChI=1S/C18H16N2O6/c1-11-2-4-14(20(23)24)9-15(11)19-17(21)10-26-18(22)13-3-5-16-12(8-13)6-7-25-16/h2-5,8-9H,6-7,10H2,1H3,(H,19,21). The van der Waals surface area contributed by atoms with E-state index in [0.717, 1.165) is 17.7 Å². The average Bonchev–Trinajstić information content (AvgIpc) is 3.09. The number of amides is 1. The highest BCUT2D eigenvalue weighted by Crippen LogP contribution is 2.26. The smallest absolute Gasteiger partial charge is 0.338 e. The molecule has 0 fully saturated rings. The number of nitro benzene ring substituents is 1. The van der Waals surface area contributed by atoms with Crippen molar-refractivity contribution in [2.45, 2.75) is 13.3 Å². The summed E-state index contributed by atoms with van der Waals surface area (Å²) < 4.78 is 10.4. The Labute approximate surface area is 148 Å². The fourth-order valence-electron chi connectivity index (χ4n) is 2.57. The van der Waals surface area contributed by atoms with E-state index in [0.29, 0.717) is 23.4 Å². The third-order valence-corrected chi connectivity index (χ3v) is 3.97. The lowest BCUT2D eigenvalue weighted by molar-refractivity contribution is -0.384. The summed E-state index contributed by atoms with van der Waals surface area (Å²) in [6, 6.07) is 9.11. The molecule has 0 spiro atoms. The Kier molecular flexibility index (Phi) is 4.83. The normalized spacial score (nSPS) is 12.0. The lowest BCUT2D eigenvalue weighted by Crippen LogP contribution is -2.21. The van der Waals surface area contributed by atoms with Crippen molar-refractivity contribution >= 4 is 23.3 Å². The highest BCUT2D eigenvalue weighted by molar-refractivity contribution is 5.96. The van der Waals surface area contributed by atoms with E-state index in [1.807, 2.05) is 0 Å². The molecule has 0 saturated carbocycles. The van der Waals surface area contributed by atoms with E-state index in [9.17, 15) is 19.7 Å². The number of non-ortho nitro benzene ring substituents is 1. The van der Waals surface area contributed by atoms with Crippen molar-refractivity contribution in [3.8, 4) is 5.75 Å². The number of nitrogens with zero attached hydrogens (tertiary/aromatic N) is 1. The van der Waals surface area contributed by atoms with Gasteiger partial charge in [0.25, 0.3) is 11.6 Å². The number of hydrogen-bond donors (Lipinski definition) is 1. The molecule has 8 nitrogen and oxygen atoms in total. The predicted octanol–water partition coefficient (Wildman–Crippen LogP) is 2.63. The fraction of sp³-hybridized carbons (Fsp3) is 0.222. The van der Waals surface area contributed by atoms with E-state index < -0.39 is 23.4 Å². The van der Waals surface area contributed by atoms with Gasteiger partial charge in [0.05, 0.1) is 22.8 Å². The molecule has 0 radical (unpaired) electrons. The quantitative estimate of drug-likeness (QED) is 0.501. The summed E-state index contributed by atoms with van der Waals surface area (Å²) in [5.41, 5.74) is 2.09. The van der Waals surface area contributed by atoms with Gasteiger partial charge in [-0.1, -0.05) is 6.07 Å². The van der Waals surface area contributed by atoms with E-state index in [1.165, 1.54) is 18.2 Å². The van der Waals surface area contributed by atoms with E-state index in [-0.39, 0.29) is 5.69 Å². The molecular formula is C18H16N2O6. The predicted molar refractivity (Wildman–Crippen MR) is 92.4 cm³/mol. The van der Waals surface area contributed by atoms with Crippen LogP contribution < -0.4 is 10.1 Å². The Morgan fingerprint density at radius 1 is 1.27 bits per heavy atom. The van der Waals surface area contributed by atoms with Gasteiger partial charge in [0.2, 0.25) is 0 Å². The zero-order valence-corrected chi connectivity index (χ0v) is 14.0. The molecule has 134 valence electrons. The van der Waals surface area contributed by atoms with Crippen LogP contribution in [0, 0.1) is 17.0 Å². The van der Waals surface area contributed by atoms with Crippen LogP contribution in [-0.4, -0.2) is 30.0 Å². The summed E-state index contributed by atoms with van der Waals surface area (Å²) in [6.07, 6.45) is 0.725. The Balaban J connectivity index is 1.60. The molecule has 2 aromatic rings. The maximum absolute atomic E-state index is 12.1. The summed E-state index contributed by atoms with van der Waals surface area (Å²) in [7, 11) is 0. The van der Waals surface area contributed by atoms with Crippen molar-refractivity contribution in [2.75, 3.05) is 18.5 Å². The van der Waals surface area contributed by atoms with Crippen LogP contribution >= 0.6 is 0 Å². The maximum atomic E-state index is 12.1. The molecule has 0 bridgehead atoms. The molecule has 0 saturated heterocycles. The van der Waals surface area contributed by atoms with Crippen LogP contribution in [-0.2, 0) is 16.0 Å². The minimum Gasteiger partial charge on any atom is -0.493 e. The van der Waals surface area contributed by atoms with Crippen LogP contribution in [0.3, 0.4) is 0 Å². The first-order valence-electron chi connectivity index (χ1n) is 7.92. The summed E-state index contributed by atoms with van der Waals surface area (Å²) in [5, 5.41) is 13.3. The molecule has 2 aromatic carbocycles. The monoisotopic (exact) mass is 356 g/mol. The van der Waals surface area contributed by atoms with Crippen LogP contribution in [0.5, 0.6) is 5.75 Å². The van der Waals surface area contributed by atoms with Crippen LogP contribution in [0.1, 0.15) is 21.5 Å². The Hall–Kier alpha value is -3.42. The first-order valence-corrected chi connectivity index (χ1v) is 7.92. The summed E-state index contributed by atoms with van der Waals surface area (Å²) >= 11 is 0. The van der Waals surface area contributed by atoms with Crippen LogP contribution in [0.25, 0.3) is 0 Å². The lowest BCUT2D eigenvalue weighted by Gasteiger charge is -2.09. The second kappa shape index (κ2) is 7.22. The number of aryl methyl sites for hydroxylation is 1. The number of rotatable bonds is 5. The van der Waals surface area contributed by atoms with Gasteiger partial charge >= 0.3 is 5.97 Å². The third kappa shape index (κ3) is 3.80. The number of fused-ring (bicyclic) bond motifs is 1. The molecule has 1 N–H and O–H groups in total. The first kappa shape index (κ1) is 17.4. The van der Waals surface area contributed by atoms with Gasteiger partial charge < -0.3 is 14.8 Å². The molecular weight excluding hydrogens is 340 g/mol. The van der Waals surface area contributed by atoms with Gasteiger partial charge in [0, 0.05) is 18.6 Å². The van der Waals surface area contributed by atoms with Gasteiger partial charge in [-0.15, -0.1) is 0 Å². The number of ether oxygens (including phenoxy) is 2. The molecule has 0 aliphatic carbocycles.